The molecule has 106 valence electrons. The van der Waals surface area contributed by atoms with Crippen LogP contribution in [0.1, 0.15) is 25.3 Å². The van der Waals surface area contributed by atoms with Crippen LogP contribution in [0.4, 0.5) is 8.78 Å². The van der Waals surface area contributed by atoms with Crippen LogP contribution in [0.15, 0.2) is 17.0 Å². The third-order valence-electron chi connectivity index (χ3n) is 3.32. The third-order valence-corrected chi connectivity index (χ3v) is 4.72. The van der Waals surface area contributed by atoms with E-state index in [1.807, 2.05) is 6.92 Å². The van der Waals surface area contributed by atoms with Crippen molar-refractivity contribution in [1.82, 2.24) is 4.72 Å². The van der Waals surface area contributed by atoms with Crippen molar-refractivity contribution in [2.24, 2.45) is 5.41 Å². The predicted octanol–water partition coefficient (Wildman–Crippen LogP) is 1.54. The quantitative estimate of drug-likeness (QED) is 0.864. The molecule has 0 saturated heterocycles. The van der Waals surface area contributed by atoms with E-state index in [1.54, 1.807) is 0 Å². The van der Waals surface area contributed by atoms with Gasteiger partial charge in [-0.15, -0.1) is 0 Å². The van der Waals surface area contributed by atoms with Gasteiger partial charge in [0, 0.05) is 6.54 Å². The summed E-state index contributed by atoms with van der Waals surface area (Å²) in [6.45, 7) is 1.55. The smallest absolute Gasteiger partial charge is 0.243 e. The van der Waals surface area contributed by atoms with Gasteiger partial charge in [0.15, 0.2) is 11.6 Å². The van der Waals surface area contributed by atoms with Crippen molar-refractivity contribution >= 4 is 10.0 Å². The summed E-state index contributed by atoms with van der Waals surface area (Å²) in [5.74, 6) is -2.71. The second kappa shape index (κ2) is 4.81. The molecule has 1 fully saturated rings. The Morgan fingerprint density at radius 2 is 2.00 bits per heavy atom. The summed E-state index contributed by atoms with van der Waals surface area (Å²) < 4.78 is 53.0. The average Bonchev–Trinajstić information content (AvgIpc) is 3.09. The van der Waals surface area contributed by atoms with Gasteiger partial charge in [0.1, 0.15) is 4.90 Å². The van der Waals surface area contributed by atoms with E-state index in [-0.39, 0.29) is 17.5 Å². The fourth-order valence-electron chi connectivity index (χ4n) is 1.64. The van der Waals surface area contributed by atoms with E-state index in [9.17, 15) is 17.2 Å². The molecule has 7 heteroatoms. The first-order chi connectivity index (χ1) is 8.77. The molecule has 0 heterocycles. The fourth-order valence-corrected chi connectivity index (χ4v) is 2.98. The number of aliphatic hydroxyl groups excluding tert-OH is 1. The van der Waals surface area contributed by atoms with E-state index in [2.05, 4.69) is 4.72 Å². The molecule has 2 N–H and O–H groups in total. The zero-order chi connectivity index (χ0) is 14.3. The standard InChI is InChI=1S/C12H15F2NO3S/c1-12(2-3-12)7-15-19(17,18)10-5-8(6-16)4-9(13)11(10)14/h4-5,15-16H,2-3,6-7H2,1H3. The van der Waals surface area contributed by atoms with Crippen molar-refractivity contribution in [2.45, 2.75) is 31.3 Å². The van der Waals surface area contributed by atoms with E-state index in [4.69, 9.17) is 5.11 Å². The first kappa shape index (κ1) is 14.4. The van der Waals surface area contributed by atoms with Gasteiger partial charge in [0.05, 0.1) is 6.61 Å². The molecule has 0 unspecified atom stereocenters. The van der Waals surface area contributed by atoms with Crippen LogP contribution in [0.5, 0.6) is 0 Å². The maximum absolute atomic E-state index is 13.6. The van der Waals surface area contributed by atoms with Crippen LogP contribution in [-0.4, -0.2) is 20.1 Å². The van der Waals surface area contributed by atoms with Gasteiger partial charge in [-0.2, -0.15) is 0 Å². The number of rotatable bonds is 5. The van der Waals surface area contributed by atoms with Crippen LogP contribution in [0, 0.1) is 17.0 Å². The highest BCUT2D eigenvalue weighted by molar-refractivity contribution is 7.89. The number of benzene rings is 1. The molecule has 19 heavy (non-hydrogen) atoms. The Morgan fingerprint density at radius 1 is 1.37 bits per heavy atom. The highest BCUT2D eigenvalue weighted by Crippen LogP contribution is 2.44. The molecule has 0 aromatic heterocycles. The topological polar surface area (TPSA) is 66.4 Å². The fraction of sp³-hybridized carbons (Fsp3) is 0.500. The molecule has 1 aromatic rings. The third kappa shape index (κ3) is 3.10. The Hall–Kier alpha value is -1.05. The molecular weight excluding hydrogens is 276 g/mol. The zero-order valence-corrected chi connectivity index (χ0v) is 11.2. The molecule has 4 nitrogen and oxygen atoms in total. The van der Waals surface area contributed by atoms with Crippen molar-refractivity contribution < 1.29 is 22.3 Å². The summed E-state index contributed by atoms with van der Waals surface area (Å²) in [5, 5.41) is 8.91. The van der Waals surface area contributed by atoms with E-state index in [0.29, 0.717) is 0 Å². The lowest BCUT2D eigenvalue weighted by Gasteiger charge is -2.12. The normalized spacial score (nSPS) is 17.5. The Balaban J connectivity index is 2.30. The van der Waals surface area contributed by atoms with Gasteiger partial charge >= 0.3 is 0 Å². The lowest BCUT2D eigenvalue weighted by Crippen LogP contribution is -2.30. The van der Waals surface area contributed by atoms with Crippen molar-refractivity contribution in [3.05, 3.63) is 29.3 Å². The molecule has 1 aromatic carbocycles. The first-order valence-electron chi connectivity index (χ1n) is 5.86. The van der Waals surface area contributed by atoms with Crippen LogP contribution in [0.25, 0.3) is 0 Å². The number of hydrogen-bond donors (Lipinski definition) is 2. The zero-order valence-electron chi connectivity index (χ0n) is 10.4. The number of hydrogen-bond acceptors (Lipinski definition) is 3. The largest absolute Gasteiger partial charge is 0.392 e. The van der Waals surface area contributed by atoms with E-state index >= 15 is 0 Å². The molecule has 0 radical (unpaired) electrons. The summed E-state index contributed by atoms with van der Waals surface area (Å²) in [6, 6.07) is 1.71. The molecule has 1 aliphatic carbocycles. The van der Waals surface area contributed by atoms with E-state index < -0.39 is 33.2 Å². The van der Waals surface area contributed by atoms with Crippen molar-refractivity contribution in [2.75, 3.05) is 6.54 Å². The van der Waals surface area contributed by atoms with E-state index in [0.717, 1.165) is 25.0 Å². The number of nitrogens with one attached hydrogen (secondary N) is 1. The number of sulfonamides is 1. The van der Waals surface area contributed by atoms with Gasteiger partial charge in [-0.05, 0) is 36.0 Å². The van der Waals surface area contributed by atoms with E-state index in [1.165, 1.54) is 0 Å². The molecule has 0 aliphatic heterocycles. The minimum Gasteiger partial charge on any atom is -0.392 e. The second-order valence-corrected chi connectivity index (χ2v) is 6.92. The van der Waals surface area contributed by atoms with Crippen molar-refractivity contribution in [1.29, 1.82) is 0 Å². The molecule has 2 rings (SSSR count). The molecule has 0 bridgehead atoms. The molecular formula is C12H15F2NO3S. The Kier molecular flexibility index (Phi) is 3.63. The van der Waals surface area contributed by atoms with Crippen LogP contribution in [-0.2, 0) is 16.6 Å². The second-order valence-electron chi connectivity index (χ2n) is 5.18. The molecule has 0 atom stereocenters. The molecule has 0 amide bonds. The highest BCUT2D eigenvalue weighted by Gasteiger charge is 2.38. The Bertz CT molecular complexity index is 597. The lowest BCUT2D eigenvalue weighted by atomic mass is 10.2. The lowest BCUT2D eigenvalue weighted by molar-refractivity contribution is 0.280. The van der Waals surface area contributed by atoms with Gasteiger partial charge in [-0.1, -0.05) is 6.92 Å². The minimum absolute atomic E-state index is 0.0110. The summed E-state index contributed by atoms with van der Waals surface area (Å²) in [6.07, 6.45) is 1.81. The predicted molar refractivity (Wildman–Crippen MR) is 64.8 cm³/mol. The highest BCUT2D eigenvalue weighted by atomic mass is 32.2. The minimum atomic E-state index is -4.12. The van der Waals surface area contributed by atoms with Gasteiger partial charge in [0.25, 0.3) is 0 Å². The first-order valence-corrected chi connectivity index (χ1v) is 7.34. The number of aliphatic hydroxyl groups is 1. The summed E-state index contributed by atoms with van der Waals surface area (Å²) in [5.41, 5.74) is -0.0756. The van der Waals surface area contributed by atoms with Crippen LogP contribution < -0.4 is 4.72 Å². The van der Waals surface area contributed by atoms with Gasteiger partial charge < -0.3 is 5.11 Å². The van der Waals surface area contributed by atoms with Crippen LogP contribution >= 0.6 is 0 Å². The van der Waals surface area contributed by atoms with Crippen LogP contribution in [0.2, 0.25) is 0 Å². The Morgan fingerprint density at radius 3 is 2.53 bits per heavy atom. The van der Waals surface area contributed by atoms with Gasteiger partial charge in [-0.3, -0.25) is 0 Å². The van der Waals surface area contributed by atoms with Crippen molar-refractivity contribution in [3.63, 3.8) is 0 Å². The summed E-state index contributed by atoms with van der Waals surface area (Å²) in [7, 11) is -4.12. The maximum Gasteiger partial charge on any atom is 0.243 e. The molecule has 0 spiro atoms. The van der Waals surface area contributed by atoms with Crippen LogP contribution in [0.3, 0.4) is 0 Å². The monoisotopic (exact) mass is 291 g/mol. The SMILES string of the molecule is CC1(CNS(=O)(=O)c2cc(CO)cc(F)c2F)CC1. The van der Waals surface area contributed by atoms with Gasteiger partial charge in [0.2, 0.25) is 10.0 Å². The Labute approximate surface area is 110 Å². The molecule has 1 aliphatic rings. The summed E-state index contributed by atoms with van der Waals surface area (Å²) >= 11 is 0. The molecule has 1 saturated carbocycles. The van der Waals surface area contributed by atoms with Crippen molar-refractivity contribution in [3.8, 4) is 0 Å². The maximum atomic E-state index is 13.6. The summed E-state index contributed by atoms with van der Waals surface area (Å²) in [4.78, 5) is -0.763. The number of halogens is 2. The van der Waals surface area contributed by atoms with Gasteiger partial charge in [-0.25, -0.2) is 21.9 Å². The average molecular weight is 291 g/mol.